The number of hydrogen-bond donors (Lipinski definition) is 1. The van der Waals surface area contributed by atoms with Crippen molar-refractivity contribution in [1.82, 2.24) is 5.32 Å². The molecule has 2 rings (SSSR count). The first-order valence-corrected chi connectivity index (χ1v) is 8.26. The van der Waals surface area contributed by atoms with Gasteiger partial charge in [-0.2, -0.15) is 0 Å². The van der Waals surface area contributed by atoms with Crippen LogP contribution in [0, 0.1) is 24.6 Å². The zero-order valence-electron chi connectivity index (χ0n) is 15.2. The molecular weight excluding hydrogens is 333 g/mol. The lowest BCUT2D eigenvalue weighted by Crippen LogP contribution is -2.24. The Morgan fingerprint density at radius 3 is 2.50 bits per heavy atom. The van der Waals surface area contributed by atoms with Gasteiger partial charge in [-0.3, -0.25) is 4.79 Å². The van der Waals surface area contributed by atoms with Crippen LogP contribution in [0.1, 0.15) is 16.7 Å². The van der Waals surface area contributed by atoms with Gasteiger partial charge in [-0.1, -0.05) is 24.1 Å². The Balaban J connectivity index is 1.81. The summed E-state index contributed by atoms with van der Waals surface area (Å²) >= 11 is 0. The number of aryl methyl sites for hydroxylation is 1. The maximum absolute atomic E-state index is 13.2. The largest absolute Gasteiger partial charge is 0.493 e. The Kier molecular flexibility index (Phi) is 7.04. The first-order chi connectivity index (χ1) is 12.5. The number of carbonyl (C=O) groups is 1. The van der Waals surface area contributed by atoms with Gasteiger partial charge in [-0.25, -0.2) is 4.39 Å². The standard InChI is InChI=1S/C21H22FNO3/c1-15-13-16(7-9-18(15)22)5-4-6-21(24)23-12-11-17-8-10-19(25-2)20(14-17)26-3/h7-10,13-14H,5,11-12H2,1-3H3,(H,23,24). The molecule has 0 atom stereocenters. The van der Waals surface area contributed by atoms with Crippen LogP contribution in [0.5, 0.6) is 11.5 Å². The summed E-state index contributed by atoms with van der Waals surface area (Å²) in [6, 6.07) is 10.5. The van der Waals surface area contributed by atoms with E-state index in [0.29, 0.717) is 36.4 Å². The normalized spacial score (nSPS) is 9.85. The SMILES string of the molecule is COc1ccc(CCNC(=O)C#CCc2ccc(F)c(C)c2)cc1OC. The molecule has 2 aromatic carbocycles. The fourth-order valence-electron chi connectivity index (χ4n) is 2.44. The summed E-state index contributed by atoms with van der Waals surface area (Å²) in [5.41, 5.74) is 2.48. The summed E-state index contributed by atoms with van der Waals surface area (Å²) in [7, 11) is 3.17. The lowest BCUT2D eigenvalue weighted by Gasteiger charge is -2.09. The number of ether oxygens (including phenoxy) is 2. The van der Waals surface area contributed by atoms with Crippen LogP contribution in [0.15, 0.2) is 36.4 Å². The van der Waals surface area contributed by atoms with Gasteiger partial charge < -0.3 is 14.8 Å². The number of hydrogen-bond acceptors (Lipinski definition) is 3. The fourth-order valence-corrected chi connectivity index (χ4v) is 2.44. The van der Waals surface area contributed by atoms with Crippen LogP contribution >= 0.6 is 0 Å². The molecule has 0 fully saturated rings. The molecule has 4 nitrogen and oxygen atoms in total. The van der Waals surface area contributed by atoms with Gasteiger partial charge in [-0.05, 0) is 54.2 Å². The van der Waals surface area contributed by atoms with Crippen molar-refractivity contribution in [2.24, 2.45) is 0 Å². The minimum atomic E-state index is -0.329. The van der Waals surface area contributed by atoms with Crippen LogP contribution in [0.4, 0.5) is 4.39 Å². The van der Waals surface area contributed by atoms with E-state index in [1.807, 2.05) is 18.2 Å². The Labute approximate surface area is 153 Å². The predicted molar refractivity (Wildman–Crippen MR) is 98.9 cm³/mol. The van der Waals surface area contributed by atoms with Gasteiger partial charge >= 0.3 is 0 Å². The topological polar surface area (TPSA) is 47.6 Å². The first-order valence-electron chi connectivity index (χ1n) is 8.26. The molecule has 0 heterocycles. The van der Waals surface area contributed by atoms with E-state index in [0.717, 1.165) is 11.1 Å². The second-order valence-electron chi connectivity index (χ2n) is 5.76. The molecule has 0 saturated carbocycles. The van der Waals surface area contributed by atoms with Crippen LogP contribution in [0.3, 0.4) is 0 Å². The summed E-state index contributed by atoms with van der Waals surface area (Å²) < 4.78 is 23.7. The van der Waals surface area contributed by atoms with E-state index in [1.165, 1.54) is 6.07 Å². The molecule has 136 valence electrons. The number of nitrogens with one attached hydrogen (secondary N) is 1. The molecule has 0 bridgehead atoms. The molecule has 5 heteroatoms. The molecule has 2 aromatic rings. The van der Waals surface area contributed by atoms with E-state index in [1.54, 1.807) is 33.3 Å². The van der Waals surface area contributed by atoms with Crippen LogP contribution in [-0.4, -0.2) is 26.7 Å². The van der Waals surface area contributed by atoms with Gasteiger partial charge in [0.2, 0.25) is 0 Å². The van der Waals surface area contributed by atoms with Crippen molar-refractivity contribution in [3.63, 3.8) is 0 Å². The first kappa shape index (κ1) is 19.3. The Bertz CT molecular complexity index is 837. The highest BCUT2D eigenvalue weighted by molar-refractivity contribution is 5.93. The maximum Gasteiger partial charge on any atom is 0.295 e. The third-order valence-electron chi connectivity index (χ3n) is 3.86. The number of amides is 1. The van der Waals surface area contributed by atoms with E-state index < -0.39 is 0 Å². The second kappa shape index (κ2) is 9.47. The van der Waals surface area contributed by atoms with Gasteiger partial charge in [0.1, 0.15) is 5.82 Å². The third kappa shape index (κ3) is 5.52. The lowest BCUT2D eigenvalue weighted by atomic mass is 10.1. The van der Waals surface area contributed by atoms with Crippen molar-refractivity contribution in [3.05, 3.63) is 58.9 Å². The highest BCUT2D eigenvalue weighted by Gasteiger charge is 2.05. The van der Waals surface area contributed by atoms with Crippen molar-refractivity contribution in [3.8, 4) is 23.3 Å². The van der Waals surface area contributed by atoms with Crippen LogP contribution in [0.25, 0.3) is 0 Å². The van der Waals surface area contributed by atoms with Crippen molar-refractivity contribution in [2.75, 3.05) is 20.8 Å². The van der Waals surface area contributed by atoms with Gasteiger partial charge in [-0.15, -0.1) is 0 Å². The molecule has 1 N–H and O–H groups in total. The van der Waals surface area contributed by atoms with Gasteiger partial charge in [0.15, 0.2) is 11.5 Å². The van der Waals surface area contributed by atoms with Gasteiger partial charge in [0.25, 0.3) is 5.91 Å². The van der Waals surface area contributed by atoms with Gasteiger partial charge in [0.05, 0.1) is 14.2 Å². The van der Waals surface area contributed by atoms with Crippen molar-refractivity contribution in [2.45, 2.75) is 19.8 Å². The van der Waals surface area contributed by atoms with Crippen molar-refractivity contribution >= 4 is 5.91 Å². The number of halogens is 1. The van der Waals surface area contributed by atoms with E-state index in [9.17, 15) is 9.18 Å². The summed E-state index contributed by atoms with van der Waals surface area (Å²) in [6.45, 7) is 2.17. The summed E-state index contributed by atoms with van der Waals surface area (Å²) in [4.78, 5) is 11.8. The molecule has 0 spiro atoms. The number of carbonyl (C=O) groups excluding carboxylic acids is 1. The minimum absolute atomic E-state index is 0.241. The molecular formula is C21H22FNO3. The molecule has 0 saturated heterocycles. The summed E-state index contributed by atoms with van der Waals surface area (Å²) in [6.07, 6.45) is 1.06. The van der Waals surface area contributed by atoms with Crippen LogP contribution in [-0.2, 0) is 17.6 Å². The third-order valence-corrected chi connectivity index (χ3v) is 3.86. The van der Waals surface area contributed by atoms with Crippen LogP contribution < -0.4 is 14.8 Å². The Morgan fingerprint density at radius 2 is 1.81 bits per heavy atom. The summed E-state index contributed by atoms with van der Waals surface area (Å²) in [5.74, 6) is 6.12. The Hall–Kier alpha value is -3.00. The Morgan fingerprint density at radius 1 is 1.08 bits per heavy atom. The predicted octanol–water partition coefficient (Wildman–Crippen LogP) is 3.06. The van der Waals surface area contributed by atoms with Crippen molar-refractivity contribution in [1.29, 1.82) is 0 Å². The molecule has 0 aliphatic heterocycles. The zero-order valence-corrected chi connectivity index (χ0v) is 15.2. The van der Waals surface area contributed by atoms with E-state index in [4.69, 9.17) is 9.47 Å². The zero-order chi connectivity index (χ0) is 18.9. The smallest absolute Gasteiger partial charge is 0.295 e. The second-order valence-corrected chi connectivity index (χ2v) is 5.76. The molecule has 1 amide bonds. The average molecular weight is 355 g/mol. The quantitative estimate of drug-likeness (QED) is 0.810. The number of rotatable bonds is 6. The maximum atomic E-state index is 13.2. The van der Waals surface area contributed by atoms with Crippen molar-refractivity contribution < 1.29 is 18.7 Å². The highest BCUT2D eigenvalue weighted by Crippen LogP contribution is 2.27. The molecule has 0 aliphatic carbocycles. The molecule has 0 aromatic heterocycles. The molecule has 0 radical (unpaired) electrons. The highest BCUT2D eigenvalue weighted by atomic mass is 19.1. The average Bonchev–Trinajstić information content (AvgIpc) is 2.64. The van der Waals surface area contributed by atoms with E-state index in [-0.39, 0.29) is 11.7 Å². The van der Waals surface area contributed by atoms with E-state index in [2.05, 4.69) is 17.2 Å². The monoisotopic (exact) mass is 355 g/mol. The van der Waals surface area contributed by atoms with Crippen LogP contribution in [0.2, 0.25) is 0 Å². The molecule has 26 heavy (non-hydrogen) atoms. The molecule has 0 unspecified atom stereocenters. The number of methoxy groups -OCH3 is 2. The lowest BCUT2D eigenvalue weighted by molar-refractivity contribution is -0.115. The fraction of sp³-hybridized carbons (Fsp3) is 0.286. The number of benzene rings is 2. The molecule has 0 aliphatic rings. The van der Waals surface area contributed by atoms with Gasteiger partial charge in [0, 0.05) is 13.0 Å². The summed E-state index contributed by atoms with van der Waals surface area (Å²) in [5, 5.41) is 2.76. The van der Waals surface area contributed by atoms with E-state index >= 15 is 0 Å². The minimum Gasteiger partial charge on any atom is -0.493 e.